The molecule has 46 valence electrons. The van der Waals surface area contributed by atoms with Gasteiger partial charge in [-0.15, -0.1) is 0 Å². The highest BCUT2D eigenvalue weighted by molar-refractivity contribution is 5.64. The summed E-state index contributed by atoms with van der Waals surface area (Å²) >= 11 is 0. The van der Waals surface area contributed by atoms with Crippen molar-refractivity contribution < 1.29 is 14.3 Å². The number of nitrogens with two attached hydrogens (primary N) is 1. The van der Waals surface area contributed by atoms with Gasteiger partial charge in [-0.1, -0.05) is 0 Å². The number of carbonyl (C=O) groups is 1. The Balaban J connectivity index is 1.95. The third-order valence-electron chi connectivity index (χ3n) is 0.814. The molecule has 1 rings (SSSR count). The van der Waals surface area contributed by atoms with E-state index < -0.39 is 6.09 Å². The molecule has 0 saturated carbocycles. The van der Waals surface area contributed by atoms with Crippen LogP contribution in [-0.4, -0.2) is 25.4 Å². The fourth-order valence-corrected chi connectivity index (χ4v) is 0.339. The summed E-state index contributed by atoms with van der Waals surface area (Å²) < 4.78 is 9.11. The summed E-state index contributed by atoms with van der Waals surface area (Å²) in [7, 11) is 0. The molecular formula is C4H7NO3. The molecule has 1 aliphatic heterocycles. The Hall–Kier alpha value is -0.770. The van der Waals surface area contributed by atoms with Gasteiger partial charge in [0.2, 0.25) is 0 Å². The SMILES string of the molecule is NC(=O)OCC1CO1. The van der Waals surface area contributed by atoms with Crippen LogP contribution < -0.4 is 5.73 Å². The van der Waals surface area contributed by atoms with E-state index in [1.807, 2.05) is 0 Å². The number of hydrogen-bond donors (Lipinski definition) is 1. The molecule has 1 amide bonds. The van der Waals surface area contributed by atoms with Gasteiger partial charge in [-0.05, 0) is 0 Å². The van der Waals surface area contributed by atoms with Gasteiger partial charge in [0.05, 0.1) is 6.61 Å². The van der Waals surface area contributed by atoms with Crippen LogP contribution >= 0.6 is 0 Å². The average molecular weight is 117 g/mol. The van der Waals surface area contributed by atoms with Gasteiger partial charge in [0, 0.05) is 0 Å². The van der Waals surface area contributed by atoms with Gasteiger partial charge >= 0.3 is 6.09 Å². The van der Waals surface area contributed by atoms with Crippen molar-refractivity contribution in [3.05, 3.63) is 0 Å². The maximum atomic E-state index is 9.88. The van der Waals surface area contributed by atoms with Crippen molar-refractivity contribution in [2.75, 3.05) is 13.2 Å². The molecule has 0 spiro atoms. The number of amides is 1. The summed E-state index contributed by atoms with van der Waals surface area (Å²) in [4.78, 5) is 9.88. The zero-order chi connectivity index (χ0) is 5.98. The highest BCUT2D eigenvalue weighted by Crippen LogP contribution is 2.07. The van der Waals surface area contributed by atoms with E-state index in [2.05, 4.69) is 10.5 Å². The van der Waals surface area contributed by atoms with Crippen LogP contribution in [0.2, 0.25) is 0 Å². The van der Waals surface area contributed by atoms with E-state index in [0.29, 0.717) is 13.2 Å². The van der Waals surface area contributed by atoms with Gasteiger partial charge in [0.15, 0.2) is 0 Å². The summed E-state index contributed by atoms with van der Waals surface area (Å²) in [6.07, 6.45) is -0.622. The van der Waals surface area contributed by atoms with E-state index in [4.69, 9.17) is 4.74 Å². The molecule has 1 atom stereocenters. The standard InChI is InChI=1S/C4H7NO3/c5-4(6)8-2-3-1-7-3/h3H,1-2H2,(H2,5,6). The number of epoxide rings is 1. The Kier molecular flexibility index (Phi) is 1.34. The van der Waals surface area contributed by atoms with E-state index in [0.717, 1.165) is 0 Å². The van der Waals surface area contributed by atoms with Gasteiger partial charge in [-0.25, -0.2) is 4.79 Å². The lowest BCUT2D eigenvalue weighted by Gasteiger charge is -1.93. The average Bonchev–Trinajstić information content (AvgIpc) is 2.41. The molecule has 1 fully saturated rings. The normalized spacial score (nSPS) is 24.8. The van der Waals surface area contributed by atoms with E-state index in [1.165, 1.54) is 0 Å². The van der Waals surface area contributed by atoms with Gasteiger partial charge in [0.25, 0.3) is 0 Å². The summed E-state index contributed by atoms with van der Waals surface area (Å²) in [6, 6.07) is 0. The third-order valence-corrected chi connectivity index (χ3v) is 0.814. The third kappa shape index (κ3) is 1.79. The number of primary amides is 1. The van der Waals surface area contributed by atoms with Crippen molar-refractivity contribution in [3.8, 4) is 0 Å². The van der Waals surface area contributed by atoms with Crippen LogP contribution in [0.15, 0.2) is 0 Å². The molecule has 0 aliphatic carbocycles. The number of carbonyl (C=O) groups excluding carboxylic acids is 1. The fourth-order valence-electron chi connectivity index (χ4n) is 0.339. The lowest BCUT2D eigenvalue weighted by molar-refractivity contribution is 0.146. The van der Waals surface area contributed by atoms with Crippen LogP contribution in [0.5, 0.6) is 0 Å². The van der Waals surface area contributed by atoms with Crippen LogP contribution in [0.4, 0.5) is 4.79 Å². The van der Waals surface area contributed by atoms with Crippen molar-refractivity contribution >= 4 is 6.09 Å². The quantitative estimate of drug-likeness (QED) is 0.495. The zero-order valence-electron chi connectivity index (χ0n) is 4.29. The molecule has 0 aromatic heterocycles. The van der Waals surface area contributed by atoms with Crippen molar-refractivity contribution in [1.82, 2.24) is 0 Å². The summed E-state index contributed by atoms with van der Waals surface area (Å²) in [6.45, 7) is 0.989. The molecule has 1 heterocycles. The summed E-state index contributed by atoms with van der Waals surface area (Å²) in [5, 5.41) is 0. The number of ether oxygens (including phenoxy) is 2. The van der Waals surface area contributed by atoms with E-state index in [1.54, 1.807) is 0 Å². The Bertz CT molecular complexity index is 99.5. The van der Waals surface area contributed by atoms with Crippen LogP contribution in [0.1, 0.15) is 0 Å². The second-order valence-corrected chi connectivity index (χ2v) is 1.59. The van der Waals surface area contributed by atoms with Crippen LogP contribution in [0, 0.1) is 0 Å². The maximum absolute atomic E-state index is 9.88. The van der Waals surface area contributed by atoms with Crippen LogP contribution in [0.3, 0.4) is 0 Å². The topological polar surface area (TPSA) is 64.9 Å². The molecule has 0 bridgehead atoms. The first-order valence-electron chi connectivity index (χ1n) is 2.33. The predicted octanol–water partition coefficient (Wildman–Crippen LogP) is -0.520. The molecule has 1 unspecified atom stereocenters. The summed E-state index contributed by atoms with van der Waals surface area (Å²) in [5.74, 6) is 0. The highest BCUT2D eigenvalue weighted by Gasteiger charge is 2.23. The first-order valence-corrected chi connectivity index (χ1v) is 2.33. The second-order valence-electron chi connectivity index (χ2n) is 1.59. The second kappa shape index (κ2) is 2.00. The minimum Gasteiger partial charge on any atom is -0.447 e. The fraction of sp³-hybridized carbons (Fsp3) is 0.750. The largest absolute Gasteiger partial charge is 0.447 e. The molecule has 1 saturated heterocycles. The van der Waals surface area contributed by atoms with Gasteiger partial charge < -0.3 is 15.2 Å². The number of rotatable bonds is 2. The van der Waals surface area contributed by atoms with Crippen LogP contribution in [-0.2, 0) is 9.47 Å². The Labute approximate surface area is 46.6 Å². The van der Waals surface area contributed by atoms with E-state index in [9.17, 15) is 4.79 Å². The monoisotopic (exact) mass is 117 g/mol. The molecule has 0 aromatic rings. The molecule has 1 aliphatic rings. The first-order chi connectivity index (χ1) is 3.79. The molecular weight excluding hydrogens is 110 g/mol. The first kappa shape index (κ1) is 5.37. The van der Waals surface area contributed by atoms with Crippen molar-refractivity contribution in [1.29, 1.82) is 0 Å². The molecule has 8 heavy (non-hydrogen) atoms. The Morgan fingerprint density at radius 3 is 3.00 bits per heavy atom. The smallest absolute Gasteiger partial charge is 0.404 e. The Morgan fingerprint density at radius 2 is 2.62 bits per heavy atom. The predicted molar refractivity (Wildman–Crippen MR) is 25.3 cm³/mol. The molecule has 2 N–H and O–H groups in total. The zero-order valence-corrected chi connectivity index (χ0v) is 4.29. The van der Waals surface area contributed by atoms with Crippen molar-refractivity contribution in [3.63, 3.8) is 0 Å². The Morgan fingerprint density at radius 1 is 2.00 bits per heavy atom. The molecule has 4 nitrogen and oxygen atoms in total. The summed E-state index contributed by atoms with van der Waals surface area (Å²) in [5.41, 5.74) is 4.65. The molecule has 0 aromatic carbocycles. The van der Waals surface area contributed by atoms with Gasteiger partial charge in [-0.3, -0.25) is 0 Å². The lowest BCUT2D eigenvalue weighted by Crippen LogP contribution is -2.15. The van der Waals surface area contributed by atoms with Crippen molar-refractivity contribution in [2.45, 2.75) is 6.10 Å². The van der Waals surface area contributed by atoms with E-state index >= 15 is 0 Å². The van der Waals surface area contributed by atoms with E-state index in [-0.39, 0.29) is 6.10 Å². The maximum Gasteiger partial charge on any atom is 0.404 e. The van der Waals surface area contributed by atoms with Gasteiger partial charge in [-0.2, -0.15) is 0 Å². The minimum absolute atomic E-state index is 0.113. The lowest BCUT2D eigenvalue weighted by atomic mass is 10.5. The van der Waals surface area contributed by atoms with Crippen molar-refractivity contribution in [2.24, 2.45) is 5.73 Å². The molecule has 4 heteroatoms. The molecule has 0 radical (unpaired) electrons. The van der Waals surface area contributed by atoms with Crippen LogP contribution in [0.25, 0.3) is 0 Å². The highest BCUT2D eigenvalue weighted by atomic mass is 16.6. The minimum atomic E-state index is -0.736. The van der Waals surface area contributed by atoms with Gasteiger partial charge in [0.1, 0.15) is 12.7 Å². The number of hydrogen-bond acceptors (Lipinski definition) is 3.